The molecule has 0 aliphatic rings. The van der Waals surface area contributed by atoms with Gasteiger partial charge in [0.2, 0.25) is 0 Å². The van der Waals surface area contributed by atoms with Crippen molar-refractivity contribution in [2.45, 2.75) is 0 Å². The predicted molar refractivity (Wildman–Crippen MR) is 75.5 cm³/mol. The lowest BCUT2D eigenvalue weighted by Gasteiger charge is -2.10. The van der Waals surface area contributed by atoms with Crippen molar-refractivity contribution in [1.29, 1.82) is 0 Å². The van der Waals surface area contributed by atoms with Crippen molar-refractivity contribution in [3.63, 3.8) is 0 Å². The molecule has 0 saturated carbocycles. The standard InChI is InChI=1S/C15H13FN2O3/c16-11-6-2-3-7-12(11)18-14(19)9-21-13-8-4-1-5-10(13)15(17)20/h1-8H,9H2,(H2,17,20)(H,18,19). The van der Waals surface area contributed by atoms with E-state index in [2.05, 4.69) is 5.32 Å². The van der Waals surface area contributed by atoms with Gasteiger partial charge < -0.3 is 15.8 Å². The fourth-order valence-electron chi connectivity index (χ4n) is 1.69. The summed E-state index contributed by atoms with van der Waals surface area (Å²) < 4.78 is 18.6. The molecule has 21 heavy (non-hydrogen) atoms. The van der Waals surface area contributed by atoms with Crippen LogP contribution in [0, 0.1) is 5.82 Å². The Morgan fingerprint density at radius 3 is 2.48 bits per heavy atom. The Morgan fingerprint density at radius 1 is 1.10 bits per heavy atom. The number of ether oxygens (including phenoxy) is 1. The Balaban J connectivity index is 1.99. The van der Waals surface area contributed by atoms with Crippen LogP contribution in [-0.2, 0) is 4.79 Å². The quantitative estimate of drug-likeness (QED) is 0.882. The van der Waals surface area contributed by atoms with Crippen LogP contribution in [-0.4, -0.2) is 18.4 Å². The molecular weight excluding hydrogens is 275 g/mol. The van der Waals surface area contributed by atoms with E-state index in [1.165, 1.54) is 30.3 Å². The van der Waals surface area contributed by atoms with E-state index in [9.17, 15) is 14.0 Å². The molecule has 3 N–H and O–H groups in total. The van der Waals surface area contributed by atoms with Crippen LogP contribution in [0.1, 0.15) is 10.4 Å². The maximum atomic E-state index is 13.4. The summed E-state index contributed by atoms with van der Waals surface area (Å²) in [6.07, 6.45) is 0. The third kappa shape index (κ3) is 3.79. The average molecular weight is 288 g/mol. The summed E-state index contributed by atoms with van der Waals surface area (Å²) in [7, 11) is 0. The first-order valence-electron chi connectivity index (χ1n) is 6.14. The Labute approximate surface area is 120 Å². The zero-order valence-corrected chi connectivity index (χ0v) is 11.0. The third-order valence-corrected chi connectivity index (χ3v) is 2.66. The Bertz CT molecular complexity index is 673. The van der Waals surface area contributed by atoms with Crippen LogP contribution in [0.25, 0.3) is 0 Å². The first-order valence-corrected chi connectivity index (χ1v) is 6.14. The molecule has 2 aromatic rings. The van der Waals surface area contributed by atoms with E-state index in [-0.39, 0.29) is 23.6 Å². The molecule has 0 bridgehead atoms. The number of anilines is 1. The fraction of sp³-hybridized carbons (Fsp3) is 0.0667. The Morgan fingerprint density at radius 2 is 1.76 bits per heavy atom. The van der Waals surface area contributed by atoms with Crippen molar-refractivity contribution >= 4 is 17.5 Å². The monoisotopic (exact) mass is 288 g/mol. The van der Waals surface area contributed by atoms with Crippen LogP contribution in [0.2, 0.25) is 0 Å². The number of para-hydroxylation sites is 2. The largest absolute Gasteiger partial charge is 0.483 e. The molecule has 108 valence electrons. The highest BCUT2D eigenvalue weighted by Gasteiger charge is 2.11. The van der Waals surface area contributed by atoms with E-state index in [1.54, 1.807) is 18.2 Å². The summed E-state index contributed by atoms with van der Waals surface area (Å²) in [5.74, 6) is -1.53. The number of nitrogens with one attached hydrogen (secondary N) is 1. The van der Waals surface area contributed by atoms with E-state index in [4.69, 9.17) is 10.5 Å². The molecular formula is C15H13FN2O3. The molecule has 2 aromatic carbocycles. The van der Waals surface area contributed by atoms with Gasteiger partial charge in [0.1, 0.15) is 11.6 Å². The van der Waals surface area contributed by atoms with Crippen molar-refractivity contribution in [1.82, 2.24) is 0 Å². The van der Waals surface area contributed by atoms with Crippen molar-refractivity contribution in [3.8, 4) is 5.75 Å². The van der Waals surface area contributed by atoms with Gasteiger partial charge in [-0.2, -0.15) is 0 Å². The van der Waals surface area contributed by atoms with Crippen molar-refractivity contribution in [2.75, 3.05) is 11.9 Å². The lowest BCUT2D eigenvalue weighted by molar-refractivity contribution is -0.118. The number of nitrogens with two attached hydrogens (primary N) is 1. The van der Waals surface area contributed by atoms with Crippen LogP contribution >= 0.6 is 0 Å². The molecule has 0 heterocycles. The molecule has 0 aliphatic carbocycles. The summed E-state index contributed by atoms with van der Waals surface area (Å²) in [6.45, 7) is -0.362. The zero-order chi connectivity index (χ0) is 15.2. The normalized spacial score (nSPS) is 9.95. The number of carbonyl (C=O) groups excluding carboxylic acids is 2. The minimum absolute atomic E-state index is 0.0642. The van der Waals surface area contributed by atoms with E-state index < -0.39 is 17.6 Å². The summed E-state index contributed by atoms with van der Waals surface area (Å²) in [5.41, 5.74) is 5.44. The number of rotatable bonds is 5. The Kier molecular flexibility index (Phi) is 4.50. The van der Waals surface area contributed by atoms with Crippen LogP contribution in [0.15, 0.2) is 48.5 Å². The van der Waals surface area contributed by atoms with Crippen molar-refractivity contribution in [2.24, 2.45) is 5.73 Å². The topological polar surface area (TPSA) is 81.4 Å². The zero-order valence-electron chi connectivity index (χ0n) is 11.0. The first-order chi connectivity index (χ1) is 10.1. The molecule has 0 spiro atoms. The molecule has 5 nitrogen and oxygen atoms in total. The minimum atomic E-state index is -0.653. The molecule has 0 radical (unpaired) electrons. The summed E-state index contributed by atoms with van der Waals surface area (Å²) in [6, 6.07) is 12.1. The average Bonchev–Trinajstić information content (AvgIpc) is 2.48. The number of hydrogen-bond acceptors (Lipinski definition) is 3. The maximum Gasteiger partial charge on any atom is 0.262 e. The second kappa shape index (κ2) is 6.51. The van der Waals surface area contributed by atoms with Crippen LogP contribution in [0.5, 0.6) is 5.75 Å². The molecule has 0 aliphatic heterocycles. The second-order valence-electron chi connectivity index (χ2n) is 4.18. The highest BCUT2D eigenvalue weighted by molar-refractivity contribution is 5.96. The molecule has 0 fully saturated rings. The van der Waals surface area contributed by atoms with Crippen LogP contribution in [0.4, 0.5) is 10.1 Å². The number of benzene rings is 2. The highest BCUT2D eigenvalue weighted by Crippen LogP contribution is 2.17. The summed E-state index contributed by atoms with van der Waals surface area (Å²) in [4.78, 5) is 22.9. The molecule has 0 saturated heterocycles. The summed E-state index contributed by atoms with van der Waals surface area (Å²) >= 11 is 0. The first kappa shape index (κ1) is 14.5. The van der Waals surface area contributed by atoms with E-state index in [0.29, 0.717) is 0 Å². The lowest BCUT2D eigenvalue weighted by Crippen LogP contribution is -2.22. The van der Waals surface area contributed by atoms with Gasteiger partial charge in [-0.15, -0.1) is 0 Å². The van der Waals surface area contributed by atoms with Crippen LogP contribution in [0.3, 0.4) is 0 Å². The summed E-state index contributed by atoms with van der Waals surface area (Å²) in [5, 5.41) is 2.37. The molecule has 6 heteroatoms. The fourth-order valence-corrected chi connectivity index (χ4v) is 1.69. The van der Waals surface area contributed by atoms with Crippen molar-refractivity contribution in [3.05, 3.63) is 59.9 Å². The third-order valence-electron chi connectivity index (χ3n) is 2.66. The number of primary amides is 1. The van der Waals surface area contributed by atoms with E-state index in [0.717, 1.165) is 0 Å². The lowest BCUT2D eigenvalue weighted by atomic mass is 10.2. The highest BCUT2D eigenvalue weighted by atomic mass is 19.1. The number of amides is 2. The van der Waals surface area contributed by atoms with Gasteiger partial charge >= 0.3 is 0 Å². The maximum absolute atomic E-state index is 13.4. The second-order valence-corrected chi connectivity index (χ2v) is 4.18. The smallest absolute Gasteiger partial charge is 0.262 e. The van der Waals surface area contributed by atoms with E-state index in [1.807, 2.05) is 0 Å². The Hall–Kier alpha value is -2.89. The van der Waals surface area contributed by atoms with Gasteiger partial charge in [-0.3, -0.25) is 9.59 Å². The van der Waals surface area contributed by atoms with E-state index >= 15 is 0 Å². The number of carbonyl (C=O) groups is 2. The van der Waals surface area contributed by atoms with Gasteiger partial charge in [-0.25, -0.2) is 4.39 Å². The SMILES string of the molecule is NC(=O)c1ccccc1OCC(=O)Nc1ccccc1F. The molecule has 2 rings (SSSR count). The molecule has 0 unspecified atom stereocenters. The minimum Gasteiger partial charge on any atom is -0.483 e. The van der Waals surface area contributed by atoms with Gasteiger partial charge in [0.15, 0.2) is 6.61 Å². The van der Waals surface area contributed by atoms with Gasteiger partial charge in [0.25, 0.3) is 11.8 Å². The molecule has 0 aromatic heterocycles. The van der Waals surface area contributed by atoms with Crippen LogP contribution < -0.4 is 15.8 Å². The van der Waals surface area contributed by atoms with Gasteiger partial charge in [0, 0.05) is 0 Å². The van der Waals surface area contributed by atoms with Crippen molar-refractivity contribution < 1.29 is 18.7 Å². The number of hydrogen-bond donors (Lipinski definition) is 2. The number of halogens is 1. The van der Waals surface area contributed by atoms with Gasteiger partial charge in [-0.1, -0.05) is 24.3 Å². The molecule has 2 amide bonds. The predicted octanol–water partition coefficient (Wildman–Crippen LogP) is 1.94. The molecule has 0 atom stereocenters. The van der Waals surface area contributed by atoms with Gasteiger partial charge in [-0.05, 0) is 24.3 Å². The van der Waals surface area contributed by atoms with Gasteiger partial charge in [0.05, 0.1) is 11.3 Å².